The number of benzene rings is 1. The number of aliphatic hydroxyl groups excluding tert-OH is 1. The van der Waals surface area contributed by atoms with Crippen molar-refractivity contribution in [2.24, 2.45) is 0 Å². The van der Waals surface area contributed by atoms with Gasteiger partial charge in [-0.3, -0.25) is 0 Å². The van der Waals surface area contributed by atoms with Gasteiger partial charge in [-0.15, -0.1) is 11.3 Å². The van der Waals surface area contributed by atoms with Crippen LogP contribution in [0.15, 0.2) is 35.1 Å². The fourth-order valence-corrected chi connectivity index (χ4v) is 3.08. The van der Waals surface area contributed by atoms with Gasteiger partial charge in [-0.2, -0.15) is 0 Å². The van der Waals surface area contributed by atoms with Crippen LogP contribution in [0.4, 0.5) is 0 Å². The van der Waals surface area contributed by atoms with Crippen molar-refractivity contribution >= 4 is 22.4 Å². The van der Waals surface area contributed by atoms with Crippen LogP contribution < -0.4 is 5.69 Å². The molecule has 1 atom stereocenters. The highest BCUT2D eigenvalue weighted by molar-refractivity contribution is 7.12. The second-order valence-corrected chi connectivity index (χ2v) is 5.64. The van der Waals surface area contributed by atoms with Crippen LogP contribution in [0.25, 0.3) is 11.0 Å². The van der Waals surface area contributed by atoms with E-state index in [0.717, 1.165) is 22.4 Å². The Balaban J connectivity index is 2.00. The number of H-pyrrole nitrogens is 2. The summed E-state index contributed by atoms with van der Waals surface area (Å²) < 4.78 is 0. The molecule has 3 rings (SSSR count). The number of aromatic nitrogens is 2. The second kappa shape index (κ2) is 4.68. The maximum atomic E-state index is 11.2. The van der Waals surface area contributed by atoms with Gasteiger partial charge in [-0.1, -0.05) is 13.0 Å². The fraction of sp³-hybridized carbons (Fsp3) is 0.214. The summed E-state index contributed by atoms with van der Waals surface area (Å²) >= 11 is 1.62. The van der Waals surface area contributed by atoms with Crippen molar-refractivity contribution in [2.45, 2.75) is 19.4 Å². The molecule has 0 aliphatic carbocycles. The van der Waals surface area contributed by atoms with E-state index in [1.54, 1.807) is 17.4 Å². The molecule has 0 amide bonds. The summed E-state index contributed by atoms with van der Waals surface area (Å²) in [7, 11) is 0. The van der Waals surface area contributed by atoms with E-state index in [4.69, 9.17) is 0 Å². The second-order valence-electron chi connectivity index (χ2n) is 4.44. The first kappa shape index (κ1) is 12.2. The third-order valence-corrected chi connectivity index (χ3v) is 4.44. The number of rotatable bonds is 3. The fourth-order valence-electron chi connectivity index (χ4n) is 2.12. The van der Waals surface area contributed by atoms with Gasteiger partial charge < -0.3 is 15.1 Å². The first-order chi connectivity index (χ1) is 9.17. The van der Waals surface area contributed by atoms with Crippen molar-refractivity contribution in [1.29, 1.82) is 0 Å². The molecule has 3 aromatic rings. The van der Waals surface area contributed by atoms with Crippen molar-refractivity contribution < 1.29 is 5.11 Å². The van der Waals surface area contributed by atoms with Crippen LogP contribution in [0.1, 0.15) is 28.3 Å². The van der Waals surface area contributed by atoms with Crippen LogP contribution in [0.5, 0.6) is 0 Å². The van der Waals surface area contributed by atoms with Crippen molar-refractivity contribution in [1.82, 2.24) is 9.97 Å². The summed E-state index contributed by atoms with van der Waals surface area (Å²) in [5.41, 5.74) is 2.02. The van der Waals surface area contributed by atoms with E-state index >= 15 is 0 Å². The average Bonchev–Trinajstić information content (AvgIpc) is 3.01. The van der Waals surface area contributed by atoms with Crippen molar-refractivity contribution in [2.75, 3.05) is 0 Å². The van der Waals surface area contributed by atoms with Crippen molar-refractivity contribution in [3.8, 4) is 0 Å². The molecule has 0 saturated heterocycles. The molecule has 19 heavy (non-hydrogen) atoms. The zero-order valence-corrected chi connectivity index (χ0v) is 11.3. The highest BCUT2D eigenvalue weighted by Gasteiger charge is 2.13. The van der Waals surface area contributed by atoms with Crippen LogP contribution in [0.2, 0.25) is 0 Å². The van der Waals surface area contributed by atoms with E-state index in [1.165, 1.54) is 4.88 Å². The zero-order valence-electron chi connectivity index (χ0n) is 10.4. The summed E-state index contributed by atoms with van der Waals surface area (Å²) in [5, 5.41) is 10.4. The maximum Gasteiger partial charge on any atom is 0.323 e. The molecule has 0 spiro atoms. The van der Waals surface area contributed by atoms with Gasteiger partial charge in [0.1, 0.15) is 6.10 Å². The van der Waals surface area contributed by atoms with Gasteiger partial charge >= 0.3 is 5.69 Å². The van der Waals surface area contributed by atoms with E-state index in [1.807, 2.05) is 24.3 Å². The maximum absolute atomic E-state index is 11.2. The Hall–Kier alpha value is -1.85. The molecule has 1 unspecified atom stereocenters. The molecule has 4 nitrogen and oxygen atoms in total. The molecule has 0 fully saturated rings. The molecule has 0 radical (unpaired) electrons. The Morgan fingerprint density at radius 2 is 2.00 bits per heavy atom. The molecule has 0 saturated carbocycles. The van der Waals surface area contributed by atoms with Crippen molar-refractivity contribution in [3.05, 3.63) is 56.1 Å². The third kappa shape index (κ3) is 2.22. The van der Waals surface area contributed by atoms with Gasteiger partial charge in [-0.05, 0) is 36.2 Å². The van der Waals surface area contributed by atoms with Crippen molar-refractivity contribution in [3.63, 3.8) is 0 Å². The quantitative estimate of drug-likeness (QED) is 0.687. The van der Waals surface area contributed by atoms with Crippen LogP contribution in [0.3, 0.4) is 0 Å². The molecule has 0 bridgehead atoms. The lowest BCUT2D eigenvalue weighted by Crippen LogP contribution is -1.99. The van der Waals surface area contributed by atoms with Crippen LogP contribution in [0, 0.1) is 0 Å². The topological polar surface area (TPSA) is 68.9 Å². The highest BCUT2D eigenvalue weighted by Crippen LogP contribution is 2.29. The Kier molecular flexibility index (Phi) is 3.00. The Labute approximate surface area is 113 Å². The van der Waals surface area contributed by atoms with E-state index in [2.05, 4.69) is 16.9 Å². The zero-order chi connectivity index (χ0) is 13.4. The summed E-state index contributed by atoms with van der Waals surface area (Å²) in [6.07, 6.45) is 0.328. The molecule has 2 heterocycles. The number of nitrogens with one attached hydrogen (secondary N) is 2. The van der Waals surface area contributed by atoms with Gasteiger partial charge in [0.25, 0.3) is 0 Å². The number of hydrogen-bond acceptors (Lipinski definition) is 3. The lowest BCUT2D eigenvalue weighted by molar-refractivity contribution is 0.224. The minimum Gasteiger partial charge on any atom is -0.383 e. The minimum atomic E-state index is -0.645. The van der Waals surface area contributed by atoms with Gasteiger partial charge in [0.15, 0.2) is 0 Å². The Bertz CT molecular complexity index is 769. The van der Waals surface area contributed by atoms with Gasteiger partial charge in [0.05, 0.1) is 11.0 Å². The number of aromatic amines is 2. The summed E-state index contributed by atoms with van der Waals surface area (Å²) in [4.78, 5) is 18.8. The Morgan fingerprint density at radius 3 is 2.74 bits per heavy atom. The average molecular weight is 274 g/mol. The van der Waals surface area contributed by atoms with Crippen LogP contribution in [-0.4, -0.2) is 15.1 Å². The molecule has 2 aromatic heterocycles. The molecular weight excluding hydrogens is 260 g/mol. The Morgan fingerprint density at radius 1 is 1.21 bits per heavy atom. The number of aliphatic hydroxyl groups is 1. The number of imidazole rings is 1. The predicted molar refractivity (Wildman–Crippen MR) is 76.7 cm³/mol. The van der Waals surface area contributed by atoms with E-state index in [9.17, 15) is 9.90 Å². The first-order valence-electron chi connectivity index (χ1n) is 6.16. The molecular formula is C14H14N2O2S. The van der Waals surface area contributed by atoms with Gasteiger partial charge in [-0.25, -0.2) is 4.79 Å². The van der Waals surface area contributed by atoms with E-state index < -0.39 is 6.10 Å². The van der Waals surface area contributed by atoms with E-state index in [0.29, 0.717) is 5.52 Å². The summed E-state index contributed by atoms with van der Waals surface area (Å²) in [6.45, 7) is 2.10. The SMILES string of the molecule is CCc1ccc(C(O)c2ccc3[nH]c(=O)[nH]c3c2)s1. The normalized spacial score (nSPS) is 12.9. The number of hydrogen-bond donors (Lipinski definition) is 3. The summed E-state index contributed by atoms with van der Waals surface area (Å²) in [5.74, 6) is 0. The first-order valence-corrected chi connectivity index (χ1v) is 6.97. The molecule has 98 valence electrons. The smallest absolute Gasteiger partial charge is 0.323 e. The van der Waals surface area contributed by atoms with Crippen LogP contribution >= 0.6 is 11.3 Å². The van der Waals surface area contributed by atoms with E-state index in [-0.39, 0.29) is 5.69 Å². The lowest BCUT2D eigenvalue weighted by atomic mass is 10.1. The largest absolute Gasteiger partial charge is 0.383 e. The van der Waals surface area contributed by atoms with Gasteiger partial charge in [0, 0.05) is 9.75 Å². The molecule has 0 aliphatic rings. The molecule has 5 heteroatoms. The monoisotopic (exact) mass is 274 g/mol. The number of fused-ring (bicyclic) bond motifs is 1. The highest BCUT2D eigenvalue weighted by atomic mass is 32.1. The lowest BCUT2D eigenvalue weighted by Gasteiger charge is -2.08. The minimum absolute atomic E-state index is 0.231. The molecule has 3 N–H and O–H groups in total. The third-order valence-electron chi connectivity index (χ3n) is 3.16. The number of aryl methyl sites for hydroxylation is 1. The van der Waals surface area contributed by atoms with Gasteiger partial charge in [0.2, 0.25) is 0 Å². The van der Waals surface area contributed by atoms with Crippen LogP contribution in [-0.2, 0) is 6.42 Å². The standard InChI is InChI=1S/C14H14N2O2S/c1-2-9-4-6-12(19-9)13(17)8-3-5-10-11(7-8)16-14(18)15-10/h3-7,13,17H,2H2,1H3,(H2,15,16,18). The summed E-state index contributed by atoms with van der Waals surface area (Å²) in [6, 6.07) is 9.45. The molecule has 1 aromatic carbocycles. The predicted octanol–water partition coefficient (Wildman–Crippen LogP) is 2.56. The molecule has 0 aliphatic heterocycles. The number of thiophene rings is 1.